The SMILES string of the molecule is CCCCCCCOC(CCC=COCOCCCCCC)OCCCCCCC. The monoisotopic (exact) mass is 428 g/mol. The molecule has 0 aromatic rings. The second-order valence-corrected chi connectivity index (χ2v) is 8.20. The molecule has 0 aliphatic carbocycles. The highest BCUT2D eigenvalue weighted by Crippen LogP contribution is 2.11. The van der Waals surface area contributed by atoms with Gasteiger partial charge in [0.25, 0.3) is 0 Å². The summed E-state index contributed by atoms with van der Waals surface area (Å²) in [5.74, 6) is 0. The Morgan fingerprint density at radius 1 is 0.600 bits per heavy atom. The molecule has 0 aliphatic rings. The molecule has 0 rings (SSSR count). The highest BCUT2D eigenvalue weighted by molar-refractivity contribution is 4.73. The van der Waals surface area contributed by atoms with Gasteiger partial charge in [0.2, 0.25) is 0 Å². The molecule has 0 heterocycles. The molecule has 0 saturated carbocycles. The van der Waals surface area contributed by atoms with Crippen molar-refractivity contribution in [3.8, 4) is 0 Å². The predicted octanol–water partition coefficient (Wildman–Crippen LogP) is 8.15. The van der Waals surface area contributed by atoms with Gasteiger partial charge in [0, 0.05) is 19.6 Å². The van der Waals surface area contributed by atoms with E-state index in [1.54, 1.807) is 6.26 Å². The Bertz CT molecular complexity index is 317. The van der Waals surface area contributed by atoms with Crippen LogP contribution in [-0.4, -0.2) is 32.9 Å². The second kappa shape index (κ2) is 26.5. The van der Waals surface area contributed by atoms with Crippen LogP contribution in [0.3, 0.4) is 0 Å². The van der Waals surface area contributed by atoms with Crippen LogP contribution in [0, 0.1) is 0 Å². The van der Waals surface area contributed by atoms with Crippen LogP contribution in [0.15, 0.2) is 12.3 Å². The standard InChI is InChI=1S/C26H52O4/c1-4-7-10-13-17-23-29-26(30-24-18-14-11-8-5-2)20-15-19-22-28-25-27-21-16-12-9-6-3/h19,22,26H,4-18,20-21,23-25H2,1-3H3. The first-order valence-corrected chi connectivity index (χ1v) is 12.9. The molecular weight excluding hydrogens is 376 g/mol. The Labute approximate surface area is 188 Å². The van der Waals surface area contributed by atoms with Crippen molar-refractivity contribution in [3.63, 3.8) is 0 Å². The lowest BCUT2D eigenvalue weighted by Crippen LogP contribution is -2.18. The van der Waals surface area contributed by atoms with Crippen molar-refractivity contribution < 1.29 is 18.9 Å². The van der Waals surface area contributed by atoms with E-state index in [1.807, 2.05) is 6.08 Å². The Morgan fingerprint density at radius 2 is 1.10 bits per heavy atom. The molecule has 0 aliphatic heterocycles. The van der Waals surface area contributed by atoms with Gasteiger partial charge in [-0.15, -0.1) is 0 Å². The fourth-order valence-electron chi connectivity index (χ4n) is 3.20. The summed E-state index contributed by atoms with van der Waals surface area (Å²) < 4.78 is 22.9. The van der Waals surface area contributed by atoms with Crippen molar-refractivity contribution in [1.29, 1.82) is 0 Å². The third-order valence-electron chi connectivity index (χ3n) is 5.16. The van der Waals surface area contributed by atoms with E-state index in [9.17, 15) is 0 Å². The number of unbranched alkanes of at least 4 members (excludes halogenated alkanes) is 11. The van der Waals surface area contributed by atoms with Crippen molar-refractivity contribution in [2.75, 3.05) is 26.6 Å². The fourth-order valence-corrected chi connectivity index (χ4v) is 3.20. The number of allylic oxidation sites excluding steroid dienone is 1. The Kier molecular flexibility index (Phi) is 25.9. The Morgan fingerprint density at radius 3 is 1.67 bits per heavy atom. The van der Waals surface area contributed by atoms with Gasteiger partial charge in [-0.1, -0.05) is 91.4 Å². The molecule has 0 bridgehead atoms. The maximum Gasteiger partial charge on any atom is 0.188 e. The van der Waals surface area contributed by atoms with E-state index in [1.165, 1.54) is 70.6 Å². The molecule has 0 radical (unpaired) electrons. The van der Waals surface area contributed by atoms with Gasteiger partial charge < -0.3 is 18.9 Å². The van der Waals surface area contributed by atoms with Crippen LogP contribution in [0.4, 0.5) is 0 Å². The van der Waals surface area contributed by atoms with E-state index in [2.05, 4.69) is 20.8 Å². The lowest BCUT2D eigenvalue weighted by Gasteiger charge is -2.18. The summed E-state index contributed by atoms with van der Waals surface area (Å²) in [6.45, 7) is 9.45. The van der Waals surface area contributed by atoms with Crippen LogP contribution in [0.5, 0.6) is 0 Å². The summed E-state index contributed by atoms with van der Waals surface area (Å²) in [7, 11) is 0. The summed E-state index contributed by atoms with van der Waals surface area (Å²) >= 11 is 0. The minimum absolute atomic E-state index is 0.0955. The number of ether oxygens (including phenoxy) is 4. The fraction of sp³-hybridized carbons (Fsp3) is 0.923. The zero-order valence-electron chi connectivity index (χ0n) is 20.5. The minimum Gasteiger partial charge on any atom is -0.475 e. The largest absolute Gasteiger partial charge is 0.475 e. The summed E-state index contributed by atoms with van der Waals surface area (Å²) in [6, 6.07) is 0. The van der Waals surface area contributed by atoms with E-state index < -0.39 is 0 Å². The molecule has 180 valence electrons. The number of hydrogen-bond donors (Lipinski definition) is 0. The van der Waals surface area contributed by atoms with Crippen LogP contribution in [-0.2, 0) is 18.9 Å². The molecule has 4 heteroatoms. The van der Waals surface area contributed by atoms with Crippen molar-refractivity contribution in [3.05, 3.63) is 12.3 Å². The van der Waals surface area contributed by atoms with Gasteiger partial charge in [0.05, 0.1) is 12.9 Å². The quantitative estimate of drug-likeness (QED) is 0.0835. The van der Waals surface area contributed by atoms with Crippen molar-refractivity contribution >= 4 is 0 Å². The molecule has 0 aromatic carbocycles. The average Bonchev–Trinajstić information content (AvgIpc) is 2.76. The molecule has 0 unspecified atom stereocenters. The molecule has 0 saturated heterocycles. The topological polar surface area (TPSA) is 36.9 Å². The first kappa shape index (κ1) is 29.4. The zero-order valence-corrected chi connectivity index (χ0v) is 20.5. The zero-order chi connectivity index (χ0) is 22.0. The maximum absolute atomic E-state index is 6.02. The van der Waals surface area contributed by atoms with Gasteiger partial charge in [0.1, 0.15) is 0 Å². The molecule has 30 heavy (non-hydrogen) atoms. The van der Waals surface area contributed by atoms with E-state index in [4.69, 9.17) is 18.9 Å². The summed E-state index contributed by atoms with van der Waals surface area (Å²) in [4.78, 5) is 0. The Balaban J connectivity index is 3.84. The van der Waals surface area contributed by atoms with Crippen LogP contribution in [0.25, 0.3) is 0 Å². The molecular formula is C26H52O4. The molecule has 0 aromatic heterocycles. The van der Waals surface area contributed by atoms with Crippen LogP contribution in [0.2, 0.25) is 0 Å². The Hall–Kier alpha value is -0.580. The van der Waals surface area contributed by atoms with E-state index in [-0.39, 0.29) is 6.29 Å². The highest BCUT2D eigenvalue weighted by Gasteiger charge is 2.08. The van der Waals surface area contributed by atoms with Gasteiger partial charge in [-0.3, -0.25) is 0 Å². The van der Waals surface area contributed by atoms with Crippen molar-refractivity contribution in [2.45, 2.75) is 130 Å². The summed E-state index contributed by atoms with van der Waals surface area (Å²) in [5, 5.41) is 0. The molecule has 0 N–H and O–H groups in total. The van der Waals surface area contributed by atoms with Crippen LogP contribution >= 0.6 is 0 Å². The average molecular weight is 429 g/mol. The highest BCUT2D eigenvalue weighted by atomic mass is 16.7. The number of rotatable bonds is 25. The van der Waals surface area contributed by atoms with Gasteiger partial charge in [0.15, 0.2) is 13.1 Å². The van der Waals surface area contributed by atoms with Gasteiger partial charge in [-0.25, -0.2) is 0 Å². The van der Waals surface area contributed by atoms with Gasteiger partial charge in [-0.05, 0) is 31.8 Å². The first-order valence-electron chi connectivity index (χ1n) is 12.9. The van der Waals surface area contributed by atoms with Gasteiger partial charge in [-0.2, -0.15) is 0 Å². The summed E-state index contributed by atoms with van der Waals surface area (Å²) in [5.41, 5.74) is 0. The lowest BCUT2D eigenvalue weighted by atomic mass is 10.2. The molecule has 4 nitrogen and oxygen atoms in total. The number of hydrogen-bond acceptors (Lipinski definition) is 4. The van der Waals surface area contributed by atoms with E-state index in [0.29, 0.717) is 6.79 Å². The minimum atomic E-state index is -0.0955. The predicted molar refractivity (Wildman–Crippen MR) is 128 cm³/mol. The van der Waals surface area contributed by atoms with E-state index in [0.717, 1.165) is 51.9 Å². The van der Waals surface area contributed by atoms with Gasteiger partial charge >= 0.3 is 0 Å². The van der Waals surface area contributed by atoms with Crippen LogP contribution in [0.1, 0.15) is 124 Å². The summed E-state index contributed by atoms with van der Waals surface area (Å²) in [6.07, 6.45) is 23.0. The van der Waals surface area contributed by atoms with E-state index >= 15 is 0 Å². The molecule has 0 spiro atoms. The third kappa shape index (κ3) is 23.7. The molecule has 0 fully saturated rings. The molecule has 0 atom stereocenters. The second-order valence-electron chi connectivity index (χ2n) is 8.20. The van der Waals surface area contributed by atoms with Crippen molar-refractivity contribution in [1.82, 2.24) is 0 Å². The first-order chi connectivity index (χ1) is 14.8. The third-order valence-corrected chi connectivity index (χ3v) is 5.16. The maximum atomic E-state index is 6.02. The lowest BCUT2D eigenvalue weighted by molar-refractivity contribution is -0.146. The smallest absolute Gasteiger partial charge is 0.188 e. The normalized spacial score (nSPS) is 11.7. The van der Waals surface area contributed by atoms with Crippen LogP contribution < -0.4 is 0 Å². The van der Waals surface area contributed by atoms with Crippen molar-refractivity contribution in [2.24, 2.45) is 0 Å². The molecule has 0 amide bonds.